The fourth-order valence-corrected chi connectivity index (χ4v) is 2.40. The molecule has 2 aromatic rings. The number of aromatic nitrogens is 3. The van der Waals surface area contributed by atoms with E-state index in [1.807, 2.05) is 43.7 Å². The standard InChI is InChI=1S/C17H25N5O2/c1-4-24-16-15(7-5-8-18-16)12-20-17(23)19-9-6-10-22-14(3)11-13(2)21-22/h5,7-8,11H,4,6,9-10,12H2,1-3H3,(H2,19,20,23). The summed E-state index contributed by atoms with van der Waals surface area (Å²) in [5.41, 5.74) is 3.01. The summed E-state index contributed by atoms with van der Waals surface area (Å²) >= 11 is 0. The maximum absolute atomic E-state index is 11.9. The molecule has 0 spiro atoms. The van der Waals surface area contributed by atoms with Gasteiger partial charge in [0.05, 0.1) is 12.3 Å². The molecule has 2 heterocycles. The lowest BCUT2D eigenvalue weighted by molar-refractivity contribution is 0.240. The van der Waals surface area contributed by atoms with Crippen molar-refractivity contribution < 1.29 is 9.53 Å². The molecule has 0 fully saturated rings. The van der Waals surface area contributed by atoms with Crippen molar-refractivity contribution in [1.29, 1.82) is 0 Å². The van der Waals surface area contributed by atoms with Crippen LogP contribution in [0.4, 0.5) is 4.79 Å². The number of hydrogen-bond donors (Lipinski definition) is 2. The van der Waals surface area contributed by atoms with Crippen LogP contribution in [0.3, 0.4) is 0 Å². The molecule has 0 aliphatic carbocycles. The molecule has 0 aliphatic rings. The van der Waals surface area contributed by atoms with E-state index in [9.17, 15) is 4.79 Å². The third kappa shape index (κ3) is 5.26. The number of hydrogen-bond acceptors (Lipinski definition) is 4. The van der Waals surface area contributed by atoms with Crippen molar-refractivity contribution in [2.75, 3.05) is 13.2 Å². The Morgan fingerprint density at radius 2 is 2.17 bits per heavy atom. The monoisotopic (exact) mass is 331 g/mol. The zero-order valence-corrected chi connectivity index (χ0v) is 14.5. The highest BCUT2D eigenvalue weighted by atomic mass is 16.5. The molecule has 0 bridgehead atoms. The number of urea groups is 1. The van der Waals surface area contributed by atoms with Crippen molar-refractivity contribution in [1.82, 2.24) is 25.4 Å². The summed E-state index contributed by atoms with van der Waals surface area (Å²) in [6.45, 7) is 8.22. The Labute approximate surface area is 142 Å². The zero-order valence-electron chi connectivity index (χ0n) is 14.5. The molecule has 7 nitrogen and oxygen atoms in total. The Morgan fingerprint density at radius 1 is 1.33 bits per heavy atom. The summed E-state index contributed by atoms with van der Waals surface area (Å²) in [5, 5.41) is 10.1. The lowest BCUT2D eigenvalue weighted by atomic mass is 10.2. The van der Waals surface area contributed by atoms with Crippen molar-refractivity contribution >= 4 is 6.03 Å². The highest BCUT2D eigenvalue weighted by Gasteiger charge is 2.06. The number of ether oxygens (including phenoxy) is 1. The number of nitrogens with one attached hydrogen (secondary N) is 2. The maximum atomic E-state index is 11.9. The number of nitrogens with zero attached hydrogens (tertiary/aromatic N) is 3. The molecule has 0 unspecified atom stereocenters. The average molecular weight is 331 g/mol. The van der Waals surface area contributed by atoms with Crippen LogP contribution in [0.25, 0.3) is 0 Å². The van der Waals surface area contributed by atoms with E-state index in [0.29, 0.717) is 25.6 Å². The van der Waals surface area contributed by atoms with Gasteiger partial charge < -0.3 is 15.4 Å². The summed E-state index contributed by atoms with van der Waals surface area (Å²) in [6, 6.07) is 5.56. The average Bonchev–Trinajstić information content (AvgIpc) is 2.88. The van der Waals surface area contributed by atoms with E-state index >= 15 is 0 Å². The Kier molecular flexibility index (Phi) is 6.60. The molecule has 0 saturated carbocycles. The molecule has 0 aromatic carbocycles. The van der Waals surface area contributed by atoms with Crippen LogP contribution >= 0.6 is 0 Å². The number of carbonyl (C=O) groups is 1. The minimum atomic E-state index is -0.199. The topological polar surface area (TPSA) is 81.1 Å². The van der Waals surface area contributed by atoms with E-state index in [0.717, 1.165) is 29.9 Å². The summed E-state index contributed by atoms with van der Waals surface area (Å²) < 4.78 is 7.39. The summed E-state index contributed by atoms with van der Waals surface area (Å²) in [6.07, 6.45) is 2.50. The van der Waals surface area contributed by atoms with Crippen LogP contribution in [-0.4, -0.2) is 33.9 Å². The predicted molar refractivity (Wildman–Crippen MR) is 92.0 cm³/mol. The van der Waals surface area contributed by atoms with E-state index in [4.69, 9.17) is 4.74 Å². The van der Waals surface area contributed by atoms with Crippen molar-refractivity contribution in [2.45, 2.75) is 40.3 Å². The second-order valence-corrected chi connectivity index (χ2v) is 5.51. The predicted octanol–water partition coefficient (Wildman–Crippen LogP) is 2.18. The quantitative estimate of drug-likeness (QED) is 0.727. The molecule has 0 aliphatic heterocycles. The highest BCUT2D eigenvalue weighted by molar-refractivity contribution is 5.73. The molecule has 7 heteroatoms. The molecule has 2 rings (SSSR count). The van der Waals surface area contributed by atoms with Crippen LogP contribution in [0.5, 0.6) is 5.88 Å². The first-order valence-corrected chi connectivity index (χ1v) is 8.19. The van der Waals surface area contributed by atoms with Crippen LogP contribution in [0.1, 0.15) is 30.3 Å². The number of amides is 2. The van der Waals surface area contributed by atoms with Gasteiger partial charge in [-0.1, -0.05) is 6.07 Å². The fraction of sp³-hybridized carbons (Fsp3) is 0.471. The van der Waals surface area contributed by atoms with E-state index in [-0.39, 0.29) is 6.03 Å². The van der Waals surface area contributed by atoms with E-state index in [1.54, 1.807) is 6.20 Å². The molecule has 2 aromatic heterocycles. The van der Waals surface area contributed by atoms with Gasteiger partial charge in [-0.2, -0.15) is 5.10 Å². The number of pyridine rings is 1. The van der Waals surface area contributed by atoms with Gasteiger partial charge in [-0.25, -0.2) is 9.78 Å². The summed E-state index contributed by atoms with van der Waals surface area (Å²) in [7, 11) is 0. The van der Waals surface area contributed by atoms with Crippen molar-refractivity contribution in [3.63, 3.8) is 0 Å². The van der Waals surface area contributed by atoms with Crippen LogP contribution in [0, 0.1) is 13.8 Å². The molecule has 0 saturated heterocycles. The minimum absolute atomic E-state index is 0.199. The Hall–Kier alpha value is -2.57. The first kappa shape index (κ1) is 17.8. The van der Waals surface area contributed by atoms with Crippen molar-refractivity contribution in [2.24, 2.45) is 0 Å². The number of rotatable bonds is 8. The van der Waals surface area contributed by atoms with Gasteiger partial charge in [0.15, 0.2) is 0 Å². The minimum Gasteiger partial charge on any atom is -0.478 e. The third-order valence-corrected chi connectivity index (χ3v) is 3.51. The lowest BCUT2D eigenvalue weighted by Crippen LogP contribution is -2.36. The Morgan fingerprint density at radius 3 is 2.88 bits per heavy atom. The molecular formula is C17H25N5O2. The van der Waals surface area contributed by atoms with Gasteiger partial charge in [0, 0.05) is 37.1 Å². The molecule has 24 heavy (non-hydrogen) atoms. The van der Waals surface area contributed by atoms with E-state index < -0.39 is 0 Å². The maximum Gasteiger partial charge on any atom is 0.315 e. The van der Waals surface area contributed by atoms with E-state index in [1.165, 1.54) is 0 Å². The Balaban J connectivity index is 1.69. The van der Waals surface area contributed by atoms with Gasteiger partial charge >= 0.3 is 6.03 Å². The fourth-order valence-electron chi connectivity index (χ4n) is 2.40. The van der Waals surface area contributed by atoms with Crippen LogP contribution < -0.4 is 15.4 Å². The number of carbonyl (C=O) groups excluding carboxylic acids is 1. The second kappa shape index (κ2) is 8.90. The zero-order chi connectivity index (χ0) is 17.4. The van der Waals surface area contributed by atoms with Gasteiger partial charge in [0.25, 0.3) is 0 Å². The summed E-state index contributed by atoms with van der Waals surface area (Å²) in [4.78, 5) is 16.0. The van der Waals surface area contributed by atoms with Crippen molar-refractivity contribution in [3.05, 3.63) is 41.3 Å². The van der Waals surface area contributed by atoms with Gasteiger partial charge in [-0.05, 0) is 39.3 Å². The lowest BCUT2D eigenvalue weighted by Gasteiger charge is -2.11. The van der Waals surface area contributed by atoms with Crippen LogP contribution in [-0.2, 0) is 13.1 Å². The first-order valence-electron chi connectivity index (χ1n) is 8.19. The van der Waals surface area contributed by atoms with E-state index in [2.05, 4.69) is 20.7 Å². The first-order chi connectivity index (χ1) is 11.6. The molecular weight excluding hydrogens is 306 g/mol. The van der Waals surface area contributed by atoms with Gasteiger partial charge in [-0.15, -0.1) is 0 Å². The highest BCUT2D eigenvalue weighted by Crippen LogP contribution is 2.13. The van der Waals surface area contributed by atoms with Gasteiger partial charge in [0.2, 0.25) is 5.88 Å². The van der Waals surface area contributed by atoms with Crippen molar-refractivity contribution in [3.8, 4) is 5.88 Å². The largest absolute Gasteiger partial charge is 0.478 e. The SMILES string of the molecule is CCOc1ncccc1CNC(=O)NCCCn1nc(C)cc1C. The van der Waals surface area contributed by atoms with Gasteiger partial charge in [-0.3, -0.25) is 4.68 Å². The molecule has 0 atom stereocenters. The van der Waals surface area contributed by atoms with Gasteiger partial charge in [0.1, 0.15) is 0 Å². The Bertz CT molecular complexity index is 669. The summed E-state index contributed by atoms with van der Waals surface area (Å²) in [5.74, 6) is 0.560. The third-order valence-electron chi connectivity index (χ3n) is 3.51. The smallest absolute Gasteiger partial charge is 0.315 e. The van der Waals surface area contributed by atoms with Crippen LogP contribution in [0.2, 0.25) is 0 Å². The normalized spacial score (nSPS) is 10.5. The second-order valence-electron chi connectivity index (χ2n) is 5.51. The molecule has 130 valence electrons. The molecule has 2 N–H and O–H groups in total. The molecule has 2 amide bonds. The molecule has 0 radical (unpaired) electrons. The number of aryl methyl sites for hydroxylation is 3. The van der Waals surface area contributed by atoms with Crippen LogP contribution in [0.15, 0.2) is 24.4 Å².